The van der Waals surface area contributed by atoms with Gasteiger partial charge in [0.15, 0.2) is 0 Å². The van der Waals surface area contributed by atoms with Gasteiger partial charge in [-0.1, -0.05) is 102 Å². The summed E-state index contributed by atoms with van der Waals surface area (Å²) in [6, 6.07) is 32.3. The van der Waals surface area contributed by atoms with Crippen molar-refractivity contribution >= 4 is 23.2 Å². The molecule has 0 spiro atoms. The van der Waals surface area contributed by atoms with Crippen molar-refractivity contribution in [3.63, 3.8) is 0 Å². The van der Waals surface area contributed by atoms with Crippen LogP contribution in [0.3, 0.4) is 0 Å². The maximum Gasteiger partial charge on any atom is 0.275 e. The van der Waals surface area contributed by atoms with Crippen molar-refractivity contribution in [3.8, 4) is 22.5 Å². The normalized spacial score (nSPS) is 11.3. The summed E-state index contributed by atoms with van der Waals surface area (Å²) < 4.78 is 2.87. The van der Waals surface area contributed by atoms with Gasteiger partial charge in [-0.15, -0.1) is 0 Å². The zero-order valence-electron chi connectivity index (χ0n) is 22.4. The predicted octanol–water partition coefficient (Wildman–Crippen LogP) is 7.42. The smallest absolute Gasteiger partial charge is 0.275 e. The minimum Gasteiger partial charge on any atom is -0.295 e. The summed E-state index contributed by atoms with van der Waals surface area (Å²) in [6.45, 7) is 3.67. The molecule has 0 bridgehead atoms. The number of hydrogen-bond donors (Lipinski definition) is 2. The average Bonchev–Trinajstić information content (AvgIpc) is 3.44. The third-order valence-corrected chi connectivity index (χ3v) is 7.99. The molecule has 0 aliphatic rings. The van der Waals surface area contributed by atoms with Crippen molar-refractivity contribution < 1.29 is 0 Å². The van der Waals surface area contributed by atoms with E-state index in [1.807, 2.05) is 92.7 Å². The number of H-pyrrole nitrogens is 2. The molecule has 2 aromatic heterocycles. The van der Waals surface area contributed by atoms with E-state index in [-0.39, 0.29) is 11.1 Å². The van der Waals surface area contributed by atoms with Gasteiger partial charge in [0.2, 0.25) is 0 Å². The highest BCUT2D eigenvalue weighted by atomic mass is 35.5. The Morgan fingerprint density at radius 1 is 0.561 bits per heavy atom. The summed E-state index contributed by atoms with van der Waals surface area (Å²) in [4.78, 5) is 28.2. The van der Waals surface area contributed by atoms with Crippen LogP contribution in [-0.2, 0) is 0 Å². The van der Waals surface area contributed by atoms with E-state index < -0.39 is 5.92 Å². The molecule has 0 saturated heterocycles. The van der Waals surface area contributed by atoms with Gasteiger partial charge in [0.1, 0.15) is 0 Å². The molecule has 4 aromatic carbocycles. The maximum atomic E-state index is 14.1. The van der Waals surface area contributed by atoms with Gasteiger partial charge in [-0.3, -0.25) is 19.8 Å². The van der Waals surface area contributed by atoms with Crippen LogP contribution in [0.4, 0.5) is 0 Å². The van der Waals surface area contributed by atoms with Crippen molar-refractivity contribution in [1.29, 1.82) is 0 Å². The number of halogens is 2. The molecule has 2 heterocycles. The van der Waals surface area contributed by atoms with E-state index >= 15 is 0 Å². The molecule has 204 valence electrons. The van der Waals surface area contributed by atoms with Crippen LogP contribution >= 0.6 is 23.2 Å². The molecule has 0 aliphatic heterocycles. The van der Waals surface area contributed by atoms with Gasteiger partial charge in [-0.2, -0.15) is 0 Å². The Kier molecular flexibility index (Phi) is 7.03. The quantitative estimate of drug-likeness (QED) is 0.215. The lowest BCUT2D eigenvalue weighted by molar-refractivity contribution is 0.831. The first kappa shape index (κ1) is 26.7. The maximum absolute atomic E-state index is 14.1. The van der Waals surface area contributed by atoms with Crippen molar-refractivity contribution in [3.05, 3.63) is 162 Å². The molecule has 0 unspecified atom stereocenters. The second-order valence-electron chi connectivity index (χ2n) is 9.91. The Morgan fingerprint density at radius 2 is 0.976 bits per heavy atom. The second kappa shape index (κ2) is 10.8. The Balaban J connectivity index is 1.58. The lowest BCUT2D eigenvalue weighted by Gasteiger charge is -2.16. The number of aromatic nitrogens is 4. The van der Waals surface area contributed by atoms with E-state index in [2.05, 4.69) is 10.2 Å². The Labute approximate surface area is 246 Å². The molecule has 6 rings (SSSR count). The zero-order chi connectivity index (χ0) is 28.7. The number of para-hydroxylation sites is 2. The molecular formula is C33H26Cl2N4O2. The highest BCUT2D eigenvalue weighted by Crippen LogP contribution is 2.34. The van der Waals surface area contributed by atoms with Crippen molar-refractivity contribution in [2.75, 3.05) is 0 Å². The minimum absolute atomic E-state index is 0.281. The van der Waals surface area contributed by atoms with Crippen LogP contribution in [0.2, 0.25) is 10.0 Å². The highest BCUT2D eigenvalue weighted by molar-refractivity contribution is 6.32. The number of rotatable bonds is 6. The fourth-order valence-corrected chi connectivity index (χ4v) is 5.82. The Hall–Kier alpha value is -4.52. The molecule has 41 heavy (non-hydrogen) atoms. The first-order valence-electron chi connectivity index (χ1n) is 13.1. The molecule has 0 radical (unpaired) electrons. The van der Waals surface area contributed by atoms with E-state index in [0.29, 0.717) is 43.9 Å². The first-order valence-corrected chi connectivity index (χ1v) is 13.9. The van der Waals surface area contributed by atoms with Gasteiger partial charge in [-0.25, -0.2) is 9.36 Å². The summed E-state index contributed by atoms with van der Waals surface area (Å²) >= 11 is 12.9. The van der Waals surface area contributed by atoms with Gasteiger partial charge in [-0.05, 0) is 54.8 Å². The fourth-order valence-electron chi connectivity index (χ4n) is 5.38. The molecule has 0 fully saturated rings. The molecule has 0 amide bonds. The SMILES string of the molecule is Cc1[nH]n(-c2ccccc2Cl)c(=O)c1C(c1ccc(-c2ccccc2)cc1)c1c(C)[nH]n(-c2ccccc2Cl)c1=O. The summed E-state index contributed by atoms with van der Waals surface area (Å²) in [7, 11) is 0. The van der Waals surface area contributed by atoms with Crippen LogP contribution in [-0.4, -0.2) is 19.6 Å². The molecule has 2 N–H and O–H groups in total. The number of benzene rings is 4. The van der Waals surface area contributed by atoms with Crippen LogP contribution in [0.25, 0.3) is 22.5 Å². The molecule has 0 atom stereocenters. The van der Waals surface area contributed by atoms with Gasteiger partial charge in [0, 0.05) is 17.3 Å². The van der Waals surface area contributed by atoms with Gasteiger partial charge in [0.25, 0.3) is 11.1 Å². The van der Waals surface area contributed by atoms with Crippen molar-refractivity contribution in [2.45, 2.75) is 19.8 Å². The van der Waals surface area contributed by atoms with Crippen molar-refractivity contribution in [2.24, 2.45) is 0 Å². The van der Waals surface area contributed by atoms with Gasteiger partial charge >= 0.3 is 0 Å². The topological polar surface area (TPSA) is 75.6 Å². The minimum atomic E-state index is -0.667. The van der Waals surface area contributed by atoms with E-state index in [4.69, 9.17) is 23.2 Å². The van der Waals surface area contributed by atoms with Crippen LogP contribution < -0.4 is 11.1 Å². The van der Waals surface area contributed by atoms with E-state index in [1.165, 1.54) is 9.36 Å². The first-order chi connectivity index (χ1) is 19.8. The predicted molar refractivity (Wildman–Crippen MR) is 165 cm³/mol. The Morgan fingerprint density at radius 3 is 1.44 bits per heavy atom. The highest BCUT2D eigenvalue weighted by Gasteiger charge is 2.31. The van der Waals surface area contributed by atoms with E-state index in [9.17, 15) is 9.59 Å². The monoisotopic (exact) mass is 580 g/mol. The third-order valence-electron chi connectivity index (χ3n) is 7.35. The molecule has 8 heteroatoms. The molecular weight excluding hydrogens is 555 g/mol. The summed E-state index contributed by atoms with van der Waals surface area (Å²) in [5, 5.41) is 7.26. The zero-order valence-corrected chi connectivity index (χ0v) is 23.9. The van der Waals surface area contributed by atoms with E-state index in [0.717, 1.165) is 16.7 Å². The number of aromatic amines is 2. The van der Waals surface area contributed by atoms with Gasteiger partial charge in [0.05, 0.1) is 32.5 Å². The Bertz CT molecular complexity index is 1880. The van der Waals surface area contributed by atoms with Crippen molar-refractivity contribution in [1.82, 2.24) is 19.6 Å². The van der Waals surface area contributed by atoms with Crippen LogP contribution in [0.1, 0.15) is 34.0 Å². The molecule has 0 saturated carbocycles. The summed E-state index contributed by atoms with van der Waals surface area (Å²) in [6.07, 6.45) is 0. The molecule has 6 nitrogen and oxygen atoms in total. The lowest BCUT2D eigenvalue weighted by atomic mass is 9.84. The fraction of sp³-hybridized carbons (Fsp3) is 0.0909. The number of nitrogens with zero attached hydrogens (tertiary/aromatic N) is 2. The number of hydrogen-bond acceptors (Lipinski definition) is 2. The van der Waals surface area contributed by atoms with E-state index in [1.54, 1.807) is 24.3 Å². The third kappa shape index (κ3) is 4.75. The largest absolute Gasteiger partial charge is 0.295 e. The molecule has 6 aromatic rings. The summed E-state index contributed by atoms with van der Waals surface area (Å²) in [5.74, 6) is -0.667. The number of nitrogens with one attached hydrogen (secondary N) is 2. The average molecular weight is 582 g/mol. The van der Waals surface area contributed by atoms with Crippen LogP contribution in [0, 0.1) is 13.8 Å². The lowest BCUT2D eigenvalue weighted by Crippen LogP contribution is -2.25. The standard InChI is InChI=1S/C33H26Cl2N4O2/c1-20-29(32(40)38(36-20)27-14-8-6-12-25(27)34)31(24-18-16-23(17-19-24)22-10-4-3-5-11-22)30-21(2)37-39(33(30)41)28-15-9-7-13-26(28)35/h3-19,31,36-37H,1-2H3. The summed E-state index contributed by atoms with van der Waals surface area (Å²) in [5.41, 5.74) is 5.62. The van der Waals surface area contributed by atoms with Crippen LogP contribution in [0.15, 0.2) is 113 Å². The van der Waals surface area contributed by atoms with Gasteiger partial charge < -0.3 is 0 Å². The van der Waals surface area contributed by atoms with Crippen LogP contribution in [0.5, 0.6) is 0 Å². The number of aryl methyl sites for hydroxylation is 2. The second-order valence-corrected chi connectivity index (χ2v) is 10.7. The molecule has 0 aliphatic carbocycles.